The second-order valence-corrected chi connectivity index (χ2v) is 4.29. The zero-order chi connectivity index (χ0) is 12.0. The van der Waals surface area contributed by atoms with Crippen LogP contribution >= 0.6 is 0 Å². The van der Waals surface area contributed by atoms with E-state index in [1.165, 1.54) is 18.5 Å². The summed E-state index contributed by atoms with van der Waals surface area (Å²) in [5.41, 5.74) is 1.20. The Morgan fingerprint density at radius 1 is 1.31 bits per heavy atom. The molecule has 0 fully saturated rings. The molecule has 92 valence electrons. The van der Waals surface area contributed by atoms with Crippen LogP contribution in [0.25, 0.3) is 0 Å². The molecule has 0 saturated heterocycles. The van der Waals surface area contributed by atoms with Crippen molar-refractivity contribution in [2.24, 2.45) is 13.0 Å². The summed E-state index contributed by atoms with van der Waals surface area (Å²) in [7, 11) is 1.96. The maximum Gasteiger partial charge on any atom is 0.0756 e. The van der Waals surface area contributed by atoms with Gasteiger partial charge in [0, 0.05) is 7.05 Å². The van der Waals surface area contributed by atoms with Crippen molar-refractivity contribution in [3.63, 3.8) is 0 Å². The summed E-state index contributed by atoms with van der Waals surface area (Å²) in [5, 5.41) is 11.6. The van der Waals surface area contributed by atoms with Crippen molar-refractivity contribution in [3.8, 4) is 0 Å². The number of aromatic nitrogens is 3. The number of hydrogen-bond acceptors (Lipinski definition) is 3. The minimum absolute atomic E-state index is 0.384. The lowest BCUT2D eigenvalue weighted by molar-refractivity contribution is 0.327. The maximum absolute atomic E-state index is 4.02. The molecule has 0 aromatic carbocycles. The molecule has 4 nitrogen and oxygen atoms in total. The molecule has 0 aliphatic rings. The Balaban J connectivity index is 2.82. The molecule has 1 aromatic rings. The molecule has 0 radical (unpaired) electrons. The van der Waals surface area contributed by atoms with Gasteiger partial charge in [0.1, 0.15) is 0 Å². The lowest BCUT2D eigenvalue weighted by atomic mass is 9.92. The maximum atomic E-state index is 4.02. The minimum atomic E-state index is 0.384. The fourth-order valence-electron chi connectivity index (χ4n) is 2.15. The van der Waals surface area contributed by atoms with E-state index in [1.54, 1.807) is 0 Å². The number of rotatable bonds is 7. The van der Waals surface area contributed by atoms with E-state index >= 15 is 0 Å². The second kappa shape index (κ2) is 6.63. The molecule has 1 atom stereocenters. The van der Waals surface area contributed by atoms with Crippen LogP contribution in [0.5, 0.6) is 0 Å². The summed E-state index contributed by atoms with van der Waals surface area (Å²) < 4.78 is 1.88. The Labute approximate surface area is 98.4 Å². The smallest absolute Gasteiger partial charge is 0.0756 e. The van der Waals surface area contributed by atoms with Crippen LogP contribution in [0, 0.1) is 5.92 Å². The zero-order valence-corrected chi connectivity index (χ0v) is 10.9. The summed E-state index contributed by atoms with van der Waals surface area (Å²) >= 11 is 0. The minimum Gasteiger partial charge on any atom is -0.308 e. The molecule has 0 spiro atoms. The van der Waals surface area contributed by atoms with Crippen molar-refractivity contribution in [1.82, 2.24) is 20.3 Å². The SMILES string of the molecule is CCCNC(c1cnnn1C)C(CC)CC. The van der Waals surface area contributed by atoms with Crippen LogP contribution in [0.3, 0.4) is 0 Å². The third-order valence-corrected chi connectivity index (χ3v) is 3.20. The average Bonchev–Trinajstić information content (AvgIpc) is 2.71. The Morgan fingerprint density at radius 2 is 2.00 bits per heavy atom. The van der Waals surface area contributed by atoms with Gasteiger partial charge in [0.25, 0.3) is 0 Å². The number of aryl methyl sites for hydroxylation is 1. The highest BCUT2D eigenvalue weighted by Crippen LogP contribution is 2.26. The van der Waals surface area contributed by atoms with Gasteiger partial charge < -0.3 is 5.32 Å². The predicted octanol–water partition coefficient (Wildman–Crippen LogP) is 2.29. The van der Waals surface area contributed by atoms with E-state index in [0.29, 0.717) is 12.0 Å². The molecular formula is C12H24N4. The summed E-state index contributed by atoms with van der Waals surface area (Å²) in [6.07, 6.45) is 5.40. The van der Waals surface area contributed by atoms with Crippen molar-refractivity contribution in [2.45, 2.75) is 46.1 Å². The third-order valence-electron chi connectivity index (χ3n) is 3.20. The normalized spacial score (nSPS) is 13.3. The Bertz CT molecular complexity index is 291. The van der Waals surface area contributed by atoms with Crippen LogP contribution in [-0.4, -0.2) is 21.5 Å². The summed E-state index contributed by atoms with van der Waals surface area (Å²) in [5.74, 6) is 0.656. The van der Waals surface area contributed by atoms with Crippen LogP contribution in [-0.2, 0) is 7.05 Å². The molecule has 0 saturated carbocycles. The molecule has 1 N–H and O–H groups in total. The first kappa shape index (κ1) is 13.2. The number of nitrogens with zero attached hydrogens (tertiary/aromatic N) is 3. The van der Waals surface area contributed by atoms with E-state index in [1.807, 2.05) is 17.9 Å². The van der Waals surface area contributed by atoms with E-state index in [-0.39, 0.29) is 0 Å². The molecule has 16 heavy (non-hydrogen) atoms. The molecule has 0 amide bonds. The fourth-order valence-corrected chi connectivity index (χ4v) is 2.15. The Morgan fingerprint density at radius 3 is 2.44 bits per heavy atom. The van der Waals surface area contributed by atoms with Crippen molar-refractivity contribution in [2.75, 3.05) is 6.54 Å². The molecular weight excluding hydrogens is 200 g/mol. The van der Waals surface area contributed by atoms with Gasteiger partial charge in [-0.05, 0) is 18.9 Å². The van der Waals surface area contributed by atoms with Crippen molar-refractivity contribution >= 4 is 0 Å². The van der Waals surface area contributed by atoms with Gasteiger partial charge in [-0.2, -0.15) is 0 Å². The highest BCUT2D eigenvalue weighted by atomic mass is 15.4. The molecule has 1 unspecified atom stereocenters. The van der Waals surface area contributed by atoms with Crippen LogP contribution in [0.4, 0.5) is 0 Å². The number of nitrogens with one attached hydrogen (secondary N) is 1. The topological polar surface area (TPSA) is 42.7 Å². The second-order valence-electron chi connectivity index (χ2n) is 4.29. The summed E-state index contributed by atoms with van der Waals surface area (Å²) in [6, 6.07) is 0.384. The molecule has 1 aromatic heterocycles. The van der Waals surface area contributed by atoms with E-state index in [2.05, 4.69) is 36.4 Å². The highest BCUT2D eigenvalue weighted by molar-refractivity contribution is 5.03. The first-order valence-corrected chi connectivity index (χ1v) is 6.32. The lowest BCUT2D eigenvalue weighted by Crippen LogP contribution is -2.30. The largest absolute Gasteiger partial charge is 0.308 e. The van der Waals surface area contributed by atoms with Crippen LogP contribution in [0.15, 0.2) is 6.20 Å². The third kappa shape index (κ3) is 3.04. The van der Waals surface area contributed by atoms with Crippen molar-refractivity contribution < 1.29 is 0 Å². The summed E-state index contributed by atoms with van der Waals surface area (Å²) in [6.45, 7) is 7.74. The first-order valence-electron chi connectivity index (χ1n) is 6.32. The van der Waals surface area contributed by atoms with Crippen molar-refractivity contribution in [3.05, 3.63) is 11.9 Å². The van der Waals surface area contributed by atoms with E-state index in [9.17, 15) is 0 Å². The first-order chi connectivity index (χ1) is 7.74. The average molecular weight is 224 g/mol. The van der Waals surface area contributed by atoms with Gasteiger partial charge in [-0.15, -0.1) is 5.10 Å². The van der Waals surface area contributed by atoms with E-state index in [0.717, 1.165) is 13.0 Å². The molecule has 1 rings (SSSR count). The predicted molar refractivity (Wildman–Crippen MR) is 66.1 cm³/mol. The zero-order valence-electron chi connectivity index (χ0n) is 10.9. The Kier molecular flexibility index (Phi) is 5.46. The standard InChI is InChI=1S/C12H24N4/c1-5-8-13-12(10(6-2)7-3)11-9-14-15-16(11)4/h9-10,12-13H,5-8H2,1-4H3. The van der Waals surface area contributed by atoms with Gasteiger partial charge in [-0.3, -0.25) is 4.68 Å². The van der Waals surface area contributed by atoms with E-state index in [4.69, 9.17) is 0 Å². The molecule has 0 aliphatic carbocycles. The molecule has 1 heterocycles. The Hall–Kier alpha value is -0.900. The molecule has 0 bridgehead atoms. The van der Waals surface area contributed by atoms with Gasteiger partial charge in [-0.25, -0.2) is 0 Å². The van der Waals surface area contributed by atoms with E-state index < -0.39 is 0 Å². The fraction of sp³-hybridized carbons (Fsp3) is 0.833. The monoisotopic (exact) mass is 224 g/mol. The van der Waals surface area contributed by atoms with Crippen LogP contribution in [0.1, 0.15) is 51.8 Å². The van der Waals surface area contributed by atoms with Gasteiger partial charge in [0.15, 0.2) is 0 Å². The quantitative estimate of drug-likeness (QED) is 0.772. The summed E-state index contributed by atoms with van der Waals surface area (Å²) in [4.78, 5) is 0. The van der Waals surface area contributed by atoms with Gasteiger partial charge in [0.05, 0.1) is 17.9 Å². The molecule has 0 aliphatic heterocycles. The highest BCUT2D eigenvalue weighted by Gasteiger charge is 2.22. The molecule has 4 heteroatoms. The number of hydrogen-bond donors (Lipinski definition) is 1. The van der Waals surface area contributed by atoms with Gasteiger partial charge in [-0.1, -0.05) is 38.8 Å². The van der Waals surface area contributed by atoms with Crippen molar-refractivity contribution in [1.29, 1.82) is 0 Å². The van der Waals surface area contributed by atoms with Gasteiger partial charge >= 0.3 is 0 Å². The van der Waals surface area contributed by atoms with Gasteiger partial charge in [0.2, 0.25) is 0 Å². The van der Waals surface area contributed by atoms with Crippen LogP contribution < -0.4 is 5.32 Å². The van der Waals surface area contributed by atoms with Crippen LogP contribution in [0.2, 0.25) is 0 Å². The lowest BCUT2D eigenvalue weighted by Gasteiger charge is -2.26.